The van der Waals surface area contributed by atoms with Gasteiger partial charge >= 0.3 is 0 Å². The number of para-hydroxylation sites is 1. The van der Waals surface area contributed by atoms with Gasteiger partial charge in [-0.3, -0.25) is 14.5 Å². The fraction of sp³-hybridized carbons (Fsp3) is 0.385. The first-order valence-corrected chi connectivity index (χ1v) is 11.5. The van der Waals surface area contributed by atoms with Crippen LogP contribution >= 0.6 is 0 Å². The van der Waals surface area contributed by atoms with Gasteiger partial charge in [-0.25, -0.2) is 0 Å². The van der Waals surface area contributed by atoms with Crippen molar-refractivity contribution in [1.29, 1.82) is 0 Å². The summed E-state index contributed by atoms with van der Waals surface area (Å²) in [5, 5.41) is 21.7. The van der Waals surface area contributed by atoms with E-state index in [2.05, 4.69) is 4.90 Å². The Balaban J connectivity index is 1.73. The fourth-order valence-corrected chi connectivity index (χ4v) is 4.60. The van der Waals surface area contributed by atoms with Crippen LogP contribution in [-0.4, -0.2) is 85.3 Å². The fourth-order valence-electron chi connectivity index (χ4n) is 4.60. The van der Waals surface area contributed by atoms with Crippen molar-refractivity contribution in [1.82, 2.24) is 9.80 Å². The van der Waals surface area contributed by atoms with Crippen molar-refractivity contribution in [2.75, 3.05) is 53.6 Å². The maximum Gasteiger partial charge on any atom is 0.295 e. The molecule has 4 rings (SSSR count). The number of phenolic OH excluding ortho intramolecular Hbond substituents is 1. The van der Waals surface area contributed by atoms with E-state index in [1.807, 2.05) is 0 Å². The van der Waals surface area contributed by atoms with E-state index in [-0.39, 0.29) is 16.9 Å². The zero-order chi connectivity index (χ0) is 24.9. The lowest BCUT2D eigenvalue weighted by Gasteiger charge is -2.29. The van der Waals surface area contributed by atoms with Crippen LogP contribution in [0.2, 0.25) is 0 Å². The molecule has 0 aliphatic carbocycles. The molecule has 2 N–H and O–H groups in total. The normalized spacial score (nSPS) is 20.3. The average Bonchev–Trinajstić information content (AvgIpc) is 3.13. The number of nitrogens with zero attached hydrogens (tertiary/aromatic N) is 2. The second-order valence-electron chi connectivity index (χ2n) is 8.43. The van der Waals surface area contributed by atoms with Crippen molar-refractivity contribution >= 4 is 17.4 Å². The second-order valence-corrected chi connectivity index (χ2v) is 8.43. The zero-order valence-corrected chi connectivity index (χ0v) is 19.9. The molecule has 2 aliphatic rings. The van der Waals surface area contributed by atoms with Crippen LogP contribution in [0.1, 0.15) is 23.6 Å². The van der Waals surface area contributed by atoms with Crippen molar-refractivity contribution < 1.29 is 34.0 Å². The topological polar surface area (TPSA) is 109 Å². The first-order chi connectivity index (χ1) is 17.0. The quantitative estimate of drug-likeness (QED) is 0.336. The smallest absolute Gasteiger partial charge is 0.295 e. The van der Waals surface area contributed by atoms with Crippen LogP contribution in [0.4, 0.5) is 0 Å². The monoisotopic (exact) mass is 482 g/mol. The summed E-state index contributed by atoms with van der Waals surface area (Å²) in [6.45, 7) is 4.07. The van der Waals surface area contributed by atoms with E-state index in [0.717, 1.165) is 19.6 Å². The second kappa shape index (κ2) is 10.8. The number of carbonyl (C=O) groups is 2. The molecule has 2 aliphatic heterocycles. The minimum Gasteiger partial charge on any atom is -0.507 e. The number of Topliss-reactive ketones (excluding diaryl/α,β-unsaturated/α-hetero) is 1. The predicted molar refractivity (Wildman–Crippen MR) is 129 cm³/mol. The lowest BCUT2D eigenvalue weighted by Crippen LogP contribution is -2.39. The van der Waals surface area contributed by atoms with Crippen LogP contribution in [0.15, 0.2) is 48.0 Å². The number of aliphatic hydroxyl groups excluding tert-OH is 1. The number of hydrogen-bond donors (Lipinski definition) is 2. The number of likely N-dealkylation sites (tertiary alicyclic amines) is 1. The molecule has 0 bridgehead atoms. The Labute approximate surface area is 204 Å². The Bertz CT molecular complexity index is 1120. The molecular formula is C26H30N2O7. The Morgan fingerprint density at radius 3 is 2.49 bits per heavy atom. The van der Waals surface area contributed by atoms with E-state index < -0.39 is 23.5 Å². The maximum absolute atomic E-state index is 13.2. The van der Waals surface area contributed by atoms with E-state index in [1.54, 1.807) is 30.3 Å². The number of methoxy groups -OCH3 is 2. The first kappa shape index (κ1) is 24.6. The van der Waals surface area contributed by atoms with Gasteiger partial charge in [-0.2, -0.15) is 0 Å². The number of rotatable bonds is 8. The number of benzene rings is 2. The molecule has 186 valence electrons. The summed E-state index contributed by atoms with van der Waals surface area (Å²) < 4.78 is 16.0. The number of carbonyl (C=O) groups excluding carboxylic acids is 2. The molecule has 0 radical (unpaired) electrons. The van der Waals surface area contributed by atoms with Gasteiger partial charge in [0.2, 0.25) is 0 Å². The molecule has 2 fully saturated rings. The standard InChI is InChI=1S/C26H30N2O7/c1-33-17-8-9-18(20(29)16-17)24(30)22-23(19-6-3-4-7-21(19)34-2)28(26(32)25(22)31)11-5-10-27-12-14-35-15-13-27/h3-4,6-9,16,23,29-30H,5,10-15H2,1-2H3/b24-22+. The number of phenols is 1. The number of aromatic hydroxyl groups is 1. The van der Waals surface area contributed by atoms with Gasteiger partial charge in [-0.1, -0.05) is 18.2 Å². The summed E-state index contributed by atoms with van der Waals surface area (Å²) in [6.07, 6.45) is 0.645. The van der Waals surface area contributed by atoms with E-state index in [1.165, 1.54) is 31.3 Å². The Hall–Kier alpha value is -3.56. The van der Waals surface area contributed by atoms with Crippen molar-refractivity contribution in [3.8, 4) is 17.2 Å². The molecule has 1 amide bonds. The Morgan fingerprint density at radius 2 is 1.80 bits per heavy atom. The molecule has 0 saturated carbocycles. The van der Waals surface area contributed by atoms with Crippen molar-refractivity contribution in [2.24, 2.45) is 0 Å². The number of morpholine rings is 1. The van der Waals surface area contributed by atoms with Crippen LogP contribution in [0.25, 0.3) is 5.76 Å². The minimum absolute atomic E-state index is 0.0389. The molecule has 0 spiro atoms. The summed E-state index contributed by atoms with van der Waals surface area (Å²) >= 11 is 0. The Morgan fingerprint density at radius 1 is 1.06 bits per heavy atom. The third-order valence-corrected chi connectivity index (χ3v) is 6.41. The summed E-state index contributed by atoms with van der Waals surface area (Å²) in [6, 6.07) is 10.6. The molecule has 2 aromatic rings. The number of ether oxygens (including phenoxy) is 3. The van der Waals surface area contributed by atoms with Gasteiger partial charge in [0.25, 0.3) is 11.7 Å². The van der Waals surface area contributed by atoms with Crippen molar-refractivity contribution in [3.05, 3.63) is 59.2 Å². The zero-order valence-electron chi connectivity index (χ0n) is 19.9. The van der Waals surface area contributed by atoms with Gasteiger partial charge in [0.1, 0.15) is 23.0 Å². The maximum atomic E-state index is 13.2. The van der Waals surface area contributed by atoms with Gasteiger partial charge in [0.15, 0.2) is 0 Å². The van der Waals surface area contributed by atoms with Gasteiger partial charge in [-0.15, -0.1) is 0 Å². The third kappa shape index (κ3) is 4.96. The molecule has 9 heteroatoms. The van der Waals surface area contributed by atoms with Crippen molar-refractivity contribution in [2.45, 2.75) is 12.5 Å². The first-order valence-electron chi connectivity index (χ1n) is 11.5. The lowest BCUT2D eigenvalue weighted by atomic mass is 9.94. The van der Waals surface area contributed by atoms with Crippen LogP contribution < -0.4 is 9.47 Å². The molecule has 35 heavy (non-hydrogen) atoms. The number of hydrogen-bond acceptors (Lipinski definition) is 8. The minimum atomic E-state index is -0.864. The largest absolute Gasteiger partial charge is 0.507 e. The summed E-state index contributed by atoms with van der Waals surface area (Å²) in [4.78, 5) is 30.1. The highest BCUT2D eigenvalue weighted by atomic mass is 16.5. The van der Waals surface area contributed by atoms with Crippen LogP contribution in [0.3, 0.4) is 0 Å². The number of aliphatic hydroxyl groups is 1. The van der Waals surface area contributed by atoms with E-state index in [4.69, 9.17) is 14.2 Å². The summed E-state index contributed by atoms with van der Waals surface area (Å²) in [5.41, 5.74) is 0.526. The highest BCUT2D eigenvalue weighted by Crippen LogP contribution is 2.43. The molecule has 0 aromatic heterocycles. The highest BCUT2D eigenvalue weighted by Gasteiger charge is 2.47. The summed E-state index contributed by atoms with van der Waals surface area (Å²) in [7, 11) is 2.97. The molecule has 2 aromatic carbocycles. The van der Waals surface area contributed by atoms with E-state index in [9.17, 15) is 19.8 Å². The van der Waals surface area contributed by atoms with Gasteiger partial charge < -0.3 is 29.3 Å². The number of ketones is 1. The van der Waals surface area contributed by atoms with E-state index in [0.29, 0.717) is 43.2 Å². The van der Waals surface area contributed by atoms with Gasteiger partial charge in [0, 0.05) is 37.8 Å². The van der Waals surface area contributed by atoms with E-state index >= 15 is 0 Å². The van der Waals surface area contributed by atoms with Gasteiger partial charge in [-0.05, 0) is 24.6 Å². The molecule has 1 unspecified atom stereocenters. The Kier molecular flexibility index (Phi) is 7.57. The SMILES string of the molecule is COc1ccc(/C(O)=C2\C(=O)C(=O)N(CCCN3CCOCC3)C2c2ccccc2OC)c(O)c1. The molecule has 2 saturated heterocycles. The molecule has 1 atom stereocenters. The van der Waals surface area contributed by atoms with Crippen LogP contribution in [-0.2, 0) is 14.3 Å². The molecule has 9 nitrogen and oxygen atoms in total. The predicted octanol–water partition coefficient (Wildman–Crippen LogP) is 2.55. The summed E-state index contributed by atoms with van der Waals surface area (Å²) in [5.74, 6) is -1.34. The average molecular weight is 483 g/mol. The third-order valence-electron chi connectivity index (χ3n) is 6.41. The molecular weight excluding hydrogens is 452 g/mol. The van der Waals surface area contributed by atoms with Crippen molar-refractivity contribution in [3.63, 3.8) is 0 Å². The van der Waals surface area contributed by atoms with Crippen LogP contribution in [0.5, 0.6) is 17.2 Å². The highest BCUT2D eigenvalue weighted by molar-refractivity contribution is 6.46. The van der Waals surface area contributed by atoms with Crippen LogP contribution in [0, 0.1) is 0 Å². The molecule has 2 heterocycles. The van der Waals surface area contributed by atoms with Gasteiger partial charge in [0.05, 0.1) is 44.6 Å². The lowest BCUT2D eigenvalue weighted by molar-refractivity contribution is -0.140. The number of amides is 1.